The van der Waals surface area contributed by atoms with Gasteiger partial charge in [0.1, 0.15) is 5.78 Å². The molecule has 1 heterocycles. The van der Waals surface area contributed by atoms with E-state index in [0.717, 1.165) is 12.0 Å². The summed E-state index contributed by atoms with van der Waals surface area (Å²) in [6, 6.07) is 9.65. The number of carbonyl (C=O) groups excluding carboxylic acids is 2. The molecule has 4 nitrogen and oxygen atoms in total. The van der Waals surface area contributed by atoms with Gasteiger partial charge in [-0.2, -0.15) is 0 Å². The molecule has 0 radical (unpaired) electrons. The lowest BCUT2D eigenvalue weighted by atomic mass is 9.68. The maximum absolute atomic E-state index is 13.0. The number of nitrogens with zero attached hydrogens (tertiary/aromatic N) is 1. The number of ether oxygens (including phenoxy) is 1. The monoisotopic (exact) mass is 327 g/mol. The predicted octanol–water partition coefficient (Wildman–Crippen LogP) is 2.94. The summed E-state index contributed by atoms with van der Waals surface area (Å²) in [5.74, 6) is -0.0293. The number of likely N-dealkylation sites (tertiary alicyclic amines) is 1. The van der Waals surface area contributed by atoms with Gasteiger partial charge in [-0.05, 0) is 12.0 Å². The second-order valence-corrected chi connectivity index (χ2v) is 6.83. The van der Waals surface area contributed by atoms with Crippen molar-refractivity contribution in [3.8, 4) is 0 Å². The summed E-state index contributed by atoms with van der Waals surface area (Å²) in [7, 11) is 1.65. The molecule has 1 saturated heterocycles. The minimum atomic E-state index is -0.316. The van der Waals surface area contributed by atoms with E-state index in [1.807, 2.05) is 35.2 Å². The van der Waals surface area contributed by atoms with Crippen molar-refractivity contribution in [2.24, 2.45) is 5.41 Å². The number of hydrogen-bond acceptors (Lipinski definition) is 3. The van der Waals surface area contributed by atoms with Gasteiger partial charge in [0.2, 0.25) is 5.91 Å². The molecule has 24 heavy (non-hydrogen) atoms. The van der Waals surface area contributed by atoms with Gasteiger partial charge in [0.15, 0.2) is 0 Å². The van der Waals surface area contributed by atoms with E-state index in [-0.39, 0.29) is 35.2 Å². The number of piperidine rings is 1. The van der Waals surface area contributed by atoms with E-state index in [4.69, 9.17) is 4.74 Å². The maximum Gasteiger partial charge on any atom is 0.225 e. The number of amides is 1. The second kappa shape index (κ2) is 6.52. The van der Waals surface area contributed by atoms with Crippen LogP contribution in [0.1, 0.15) is 37.7 Å². The number of carbonyl (C=O) groups is 2. The lowest BCUT2D eigenvalue weighted by molar-refractivity contribution is -0.157. The largest absolute Gasteiger partial charge is 0.380 e. The highest BCUT2D eigenvalue weighted by atomic mass is 16.5. The quantitative estimate of drug-likeness (QED) is 0.781. The molecule has 1 aliphatic heterocycles. The van der Waals surface area contributed by atoms with E-state index in [1.165, 1.54) is 0 Å². The van der Waals surface area contributed by atoms with Gasteiger partial charge >= 0.3 is 0 Å². The lowest BCUT2D eigenvalue weighted by Crippen LogP contribution is -2.60. The molecule has 2 aliphatic rings. The first-order valence-electron chi connectivity index (χ1n) is 8.60. The van der Waals surface area contributed by atoms with Crippen LogP contribution in [0.25, 0.3) is 0 Å². The fourth-order valence-corrected chi connectivity index (χ4v) is 4.74. The van der Waals surface area contributed by atoms with Crippen LogP contribution in [0.5, 0.6) is 0 Å². The van der Waals surface area contributed by atoms with Crippen LogP contribution < -0.4 is 0 Å². The third kappa shape index (κ3) is 2.40. The predicted molar refractivity (Wildman–Crippen MR) is 92.6 cm³/mol. The molecule has 0 N–H and O–H groups in total. The molecule has 1 saturated carbocycles. The summed E-state index contributed by atoms with van der Waals surface area (Å²) in [5, 5.41) is 0. The molecular weight excluding hydrogens is 302 g/mol. The van der Waals surface area contributed by atoms with Crippen LogP contribution in [0.15, 0.2) is 43.0 Å². The fraction of sp³-hybridized carbons (Fsp3) is 0.500. The Labute approximate surface area is 143 Å². The van der Waals surface area contributed by atoms with Crippen molar-refractivity contribution in [2.45, 2.75) is 44.2 Å². The minimum Gasteiger partial charge on any atom is -0.380 e. The molecule has 4 heteroatoms. The van der Waals surface area contributed by atoms with Gasteiger partial charge in [-0.25, -0.2) is 0 Å². The summed E-state index contributed by atoms with van der Waals surface area (Å²) < 4.78 is 5.70. The van der Waals surface area contributed by atoms with Crippen LogP contribution >= 0.6 is 0 Å². The first kappa shape index (κ1) is 16.9. The van der Waals surface area contributed by atoms with Gasteiger partial charge in [-0.15, -0.1) is 6.58 Å². The second-order valence-electron chi connectivity index (χ2n) is 6.83. The number of rotatable bonds is 5. The topological polar surface area (TPSA) is 46.6 Å². The SMILES string of the molecule is C=CCN1C(=O)C[C@H](OC)[C@@]2(CC)CC(=O)[C@H](c3ccccc3)[C@@H]12. The maximum atomic E-state index is 13.0. The highest BCUT2D eigenvalue weighted by molar-refractivity contribution is 5.93. The van der Waals surface area contributed by atoms with Crippen LogP contribution in [0.4, 0.5) is 0 Å². The zero-order chi connectivity index (χ0) is 17.3. The summed E-state index contributed by atoms with van der Waals surface area (Å²) in [4.78, 5) is 27.6. The van der Waals surface area contributed by atoms with Crippen molar-refractivity contribution in [3.63, 3.8) is 0 Å². The smallest absolute Gasteiger partial charge is 0.225 e. The molecule has 0 unspecified atom stereocenters. The van der Waals surface area contributed by atoms with Crippen LogP contribution in [-0.4, -0.2) is 42.4 Å². The first-order chi connectivity index (χ1) is 11.6. The molecule has 1 amide bonds. The van der Waals surface area contributed by atoms with Crippen molar-refractivity contribution in [2.75, 3.05) is 13.7 Å². The number of fused-ring (bicyclic) bond motifs is 1. The summed E-state index contributed by atoms with van der Waals surface area (Å²) in [5.41, 5.74) is 0.671. The molecule has 0 aromatic heterocycles. The molecule has 1 aromatic carbocycles. The third-order valence-corrected chi connectivity index (χ3v) is 5.84. The Balaban J connectivity index is 2.13. The zero-order valence-electron chi connectivity index (χ0n) is 14.4. The van der Waals surface area contributed by atoms with Crippen LogP contribution in [-0.2, 0) is 14.3 Å². The molecule has 4 atom stereocenters. The zero-order valence-corrected chi connectivity index (χ0v) is 14.4. The molecule has 0 bridgehead atoms. The third-order valence-electron chi connectivity index (χ3n) is 5.84. The first-order valence-corrected chi connectivity index (χ1v) is 8.60. The Kier molecular flexibility index (Phi) is 4.59. The van der Waals surface area contributed by atoms with Crippen molar-refractivity contribution in [1.29, 1.82) is 0 Å². The van der Waals surface area contributed by atoms with E-state index >= 15 is 0 Å². The Morgan fingerprint density at radius 1 is 1.33 bits per heavy atom. The highest BCUT2D eigenvalue weighted by Crippen LogP contribution is 2.55. The lowest BCUT2D eigenvalue weighted by Gasteiger charge is -2.50. The van der Waals surface area contributed by atoms with Crippen LogP contribution in [0.2, 0.25) is 0 Å². The molecule has 1 aromatic rings. The highest BCUT2D eigenvalue weighted by Gasteiger charge is 2.62. The molecule has 0 spiro atoms. The normalized spacial score (nSPS) is 32.8. The number of methoxy groups -OCH3 is 1. The Morgan fingerprint density at radius 3 is 2.62 bits per heavy atom. The van der Waals surface area contributed by atoms with Gasteiger partial charge in [0.05, 0.1) is 24.5 Å². The number of hydrogen-bond donors (Lipinski definition) is 0. The van der Waals surface area contributed by atoms with Crippen LogP contribution in [0, 0.1) is 5.41 Å². The molecule has 3 rings (SSSR count). The van der Waals surface area contributed by atoms with E-state index in [2.05, 4.69) is 13.5 Å². The van der Waals surface area contributed by atoms with Gasteiger partial charge in [-0.1, -0.05) is 43.3 Å². The standard InChI is InChI=1S/C20H25NO3/c1-4-11-21-17(23)12-16(24-3)20(5-2)13-15(22)18(19(20)21)14-9-7-6-8-10-14/h4,6-10,16,18-19H,1,5,11-13H2,2-3H3/t16-,18-,19+,20+/m0/s1. The molecule has 128 valence electrons. The summed E-state index contributed by atoms with van der Waals surface area (Å²) in [6.07, 6.45) is 3.15. The summed E-state index contributed by atoms with van der Waals surface area (Å²) in [6.45, 7) is 6.37. The van der Waals surface area contributed by atoms with Gasteiger partial charge in [-0.3, -0.25) is 9.59 Å². The number of benzene rings is 1. The van der Waals surface area contributed by atoms with Crippen molar-refractivity contribution in [1.82, 2.24) is 4.90 Å². The van der Waals surface area contributed by atoms with Crippen molar-refractivity contribution >= 4 is 11.7 Å². The Bertz CT molecular complexity index is 642. The van der Waals surface area contributed by atoms with Gasteiger partial charge in [0, 0.05) is 25.5 Å². The Hall–Kier alpha value is -1.94. The molecular formula is C20H25NO3. The van der Waals surface area contributed by atoms with Crippen molar-refractivity contribution < 1.29 is 14.3 Å². The van der Waals surface area contributed by atoms with E-state index in [1.54, 1.807) is 13.2 Å². The average Bonchev–Trinajstić information content (AvgIpc) is 2.91. The minimum absolute atomic E-state index is 0.0476. The van der Waals surface area contributed by atoms with E-state index < -0.39 is 0 Å². The van der Waals surface area contributed by atoms with Crippen LogP contribution in [0.3, 0.4) is 0 Å². The number of Topliss-reactive ketones (excluding diaryl/α,β-unsaturated/α-hetero) is 1. The van der Waals surface area contributed by atoms with E-state index in [9.17, 15) is 9.59 Å². The van der Waals surface area contributed by atoms with Crippen molar-refractivity contribution in [3.05, 3.63) is 48.6 Å². The average molecular weight is 327 g/mol. The van der Waals surface area contributed by atoms with Gasteiger partial charge < -0.3 is 9.64 Å². The fourth-order valence-electron chi connectivity index (χ4n) is 4.74. The van der Waals surface area contributed by atoms with E-state index in [0.29, 0.717) is 19.4 Å². The Morgan fingerprint density at radius 2 is 2.04 bits per heavy atom. The van der Waals surface area contributed by atoms with Gasteiger partial charge in [0.25, 0.3) is 0 Å². The number of ketones is 1. The molecule has 2 fully saturated rings. The summed E-state index contributed by atoms with van der Waals surface area (Å²) >= 11 is 0. The molecule has 1 aliphatic carbocycles.